The van der Waals surface area contributed by atoms with Gasteiger partial charge in [0.2, 0.25) is 23.6 Å². The summed E-state index contributed by atoms with van der Waals surface area (Å²) in [7, 11) is 1.60. The molecule has 4 aliphatic heterocycles. The molecule has 4 N–H and O–H groups in total. The molecular weight excluding hydrogens is 1090 g/mol. The number of hydrogen-bond acceptors (Lipinski definition) is 14. The summed E-state index contributed by atoms with van der Waals surface area (Å²) in [5, 5.41) is 0. The zero-order chi connectivity index (χ0) is 58.6. The van der Waals surface area contributed by atoms with Crippen LogP contribution >= 0.6 is 0 Å². The number of anilines is 3. The van der Waals surface area contributed by atoms with Crippen LogP contribution in [0.15, 0.2) is 121 Å². The van der Waals surface area contributed by atoms with Crippen LogP contribution in [0.3, 0.4) is 0 Å². The number of benzene rings is 4. The average molecular weight is 1160 g/mol. The minimum atomic E-state index is -0.370. The van der Waals surface area contributed by atoms with E-state index < -0.39 is 0 Å². The second-order valence-electron chi connectivity index (χ2n) is 28.2. The lowest BCUT2D eigenvalue weighted by atomic mass is 9.59. The fraction of sp³-hybridized carbons (Fsp3) is 0.486. The highest BCUT2D eigenvalue weighted by molar-refractivity contribution is 6.22. The maximum Gasteiger partial charge on any atom is 0.317 e. The van der Waals surface area contributed by atoms with Crippen LogP contribution in [0.4, 0.5) is 17.1 Å². The molecule has 86 heavy (non-hydrogen) atoms. The van der Waals surface area contributed by atoms with Crippen LogP contribution in [-0.4, -0.2) is 59.5 Å². The van der Waals surface area contributed by atoms with E-state index in [-0.39, 0.29) is 166 Å². The van der Waals surface area contributed by atoms with Crippen LogP contribution in [0.5, 0.6) is 23.0 Å². The van der Waals surface area contributed by atoms with Crippen LogP contribution in [0.2, 0.25) is 0 Å². The first-order valence-electron chi connectivity index (χ1n) is 31.4. The Bertz CT molecular complexity index is 3410. The summed E-state index contributed by atoms with van der Waals surface area (Å²) in [6.45, 7) is 2.02. The largest absolute Gasteiger partial charge is 0.457 e. The summed E-state index contributed by atoms with van der Waals surface area (Å²) in [4.78, 5) is 104. The molecule has 10 saturated carbocycles. The van der Waals surface area contributed by atoms with Crippen LogP contribution in [-0.2, 0) is 47.8 Å². The number of amides is 4. The number of allylic oxidation sites excluding steroid dienone is 4. The van der Waals surface area contributed by atoms with Crippen molar-refractivity contribution in [1.29, 1.82) is 0 Å². The van der Waals surface area contributed by atoms with Gasteiger partial charge in [-0.15, -0.1) is 0 Å². The first kappa shape index (κ1) is 52.4. The Morgan fingerprint density at radius 3 is 0.965 bits per heavy atom. The van der Waals surface area contributed by atoms with Crippen molar-refractivity contribution in [1.82, 2.24) is 4.90 Å². The Balaban J connectivity index is 0.0000000990. The maximum absolute atomic E-state index is 13.7. The van der Waals surface area contributed by atoms with Crippen LogP contribution < -0.4 is 25.8 Å². The first-order chi connectivity index (χ1) is 41.6. The zero-order valence-electron chi connectivity index (χ0n) is 47.7. The monoisotopic (exact) mass is 1160 g/mol. The second kappa shape index (κ2) is 18.8. The molecule has 4 aromatic rings. The van der Waals surface area contributed by atoms with E-state index in [4.69, 9.17) is 30.4 Å². The highest BCUT2D eigenvalue weighted by Crippen LogP contribution is 2.76. The molecule has 440 valence electrons. The van der Waals surface area contributed by atoms with Gasteiger partial charge in [-0.25, -0.2) is 0 Å². The third kappa shape index (κ3) is 7.33. The number of ether oxygens (including phenoxy) is 4. The predicted molar refractivity (Wildman–Crippen MR) is 309 cm³/mol. The maximum atomic E-state index is 13.7. The highest BCUT2D eigenvalue weighted by Gasteiger charge is 2.79. The molecule has 0 spiro atoms. The summed E-state index contributed by atoms with van der Waals surface area (Å²) in [5.41, 5.74) is 14.3. The molecule has 4 heterocycles. The standard InChI is InChI=1S/C30H28N2O5.C16H14O6.C12H12N2O.C12H14/c1-13-3-7-15(8-4-13)37-16-9-5-14(6-10-16)32-29(35)25-19-12-20(26(25)30(32)36)22-18-11-17(21(19)22)23-24(18)28(34)31(2)27(23)33;17-13-9-3-1-4(10(9)14(18)21-13)8-6-2-5(7(3)8)11-12(6)16(20)22-15(11)19;13-9-1-5-11(6-2-9)15-12-7-3-10(14)4-8-12;1-2-8-5-7(1)11-9-3-4-10(6-9)12(8)11/h3-10,17-26H,11-12H2,1-2H3;3-12H,1-2H2;1-8H,13-14H2;1-4,7-12H,5-6H2. The summed E-state index contributed by atoms with van der Waals surface area (Å²) >= 11 is 0. The van der Waals surface area contributed by atoms with E-state index in [1.807, 2.05) is 55.5 Å². The molecule has 12 aliphatic carbocycles. The summed E-state index contributed by atoms with van der Waals surface area (Å²) in [5.74, 6) is 7.27. The number of nitrogens with two attached hydrogens (primary N) is 2. The highest BCUT2D eigenvalue weighted by atomic mass is 16.6. The summed E-state index contributed by atoms with van der Waals surface area (Å²) < 4.78 is 21.2. The van der Waals surface area contributed by atoms with Crippen LogP contribution in [0, 0.1) is 161 Å². The van der Waals surface area contributed by atoms with E-state index in [0.29, 0.717) is 11.4 Å². The lowest BCUT2D eigenvalue weighted by Gasteiger charge is -2.41. The molecule has 16 nitrogen and oxygen atoms in total. The third-order valence-electron chi connectivity index (χ3n) is 25.1. The molecule has 20 rings (SSSR count). The minimum absolute atomic E-state index is 0.0383. The molecule has 4 saturated heterocycles. The fourth-order valence-corrected chi connectivity index (χ4v) is 22.7. The smallest absolute Gasteiger partial charge is 0.317 e. The Kier molecular flexibility index (Phi) is 11.5. The number of cyclic esters (lactones) is 4. The first-order valence-corrected chi connectivity index (χ1v) is 31.4. The number of aryl methyl sites for hydroxylation is 1. The van der Waals surface area contributed by atoms with Gasteiger partial charge in [0.05, 0.1) is 53.0 Å². The van der Waals surface area contributed by atoms with Gasteiger partial charge in [-0.3, -0.25) is 48.2 Å². The lowest BCUT2D eigenvalue weighted by Crippen LogP contribution is -2.45. The number of rotatable bonds is 5. The summed E-state index contributed by atoms with van der Waals surface area (Å²) in [6.07, 6.45) is 16.5. The van der Waals surface area contributed by atoms with Crippen molar-refractivity contribution in [3.05, 3.63) is 127 Å². The van der Waals surface area contributed by atoms with Gasteiger partial charge in [0, 0.05) is 18.4 Å². The SMILES string of the molecule is C1=CC2CC1C1C3C=CC(C3)C21.Cc1ccc(Oc2ccc(N3C(=O)C4C5CC(C4C3=O)C3C4CC(C6C(=O)N(C)C(=O)C46)C53)cc2)cc1.Nc1ccc(Oc2ccc(N)cc2)cc1.O=C1OC(=O)C2C3CC(C12)C1C2CC(C4C(=O)OC(=O)C24)C31. The Morgan fingerprint density at radius 1 is 0.360 bits per heavy atom. The number of nitrogen functional groups attached to an aromatic ring is 2. The molecule has 0 aromatic heterocycles. The van der Waals surface area contributed by atoms with E-state index in [1.165, 1.54) is 22.6 Å². The van der Waals surface area contributed by atoms with Crippen molar-refractivity contribution in [3.63, 3.8) is 0 Å². The van der Waals surface area contributed by atoms with Gasteiger partial charge in [0.15, 0.2) is 0 Å². The normalized spacial score (nSPS) is 43.3. The number of fused-ring (bicyclic) bond motifs is 39. The fourth-order valence-electron chi connectivity index (χ4n) is 22.7. The molecule has 12 bridgehead atoms. The number of imide groups is 2. The van der Waals surface area contributed by atoms with Gasteiger partial charge < -0.3 is 30.4 Å². The van der Waals surface area contributed by atoms with Crippen LogP contribution in [0.25, 0.3) is 0 Å². The van der Waals surface area contributed by atoms with Gasteiger partial charge in [-0.2, -0.15) is 0 Å². The van der Waals surface area contributed by atoms with Crippen molar-refractivity contribution >= 4 is 64.6 Å². The lowest BCUT2D eigenvalue weighted by molar-refractivity contribution is -0.156. The number of esters is 4. The minimum Gasteiger partial charge on any atom is -0.457 e. The molecule has 22 atom stereocenters. The molecule has 4 amide bonds. The Morgan fingerprint density at radius 2 is 0.640 bits per heavy atom. The quantitative estimate of drug-likeness (QED) is 0.0474. The number of carbonyl (C=O) groups is 8. The molecule has 14 fully saturated rings. The summed E-state index contributed by atoms with van der Waals surface area (Å²) in [6, 6.07) is 29.4. The zero-order valence-corrected chi connectivity index (χ0v) is 47.7. The van der Waals surface area contributed by atoms with Crippen molar-refractivity contribution in [2.45, 2.75) is 45.4 Å². The van der Waals surface area contributed by atoms with Crippen LogP contribution in [0.1, 0.15) is 44.1 Å². The van der Waals surface area contributed by atoms with Crippen molar-refractivity contribution < 1.29 is 57.3 Å². The van der Waals surface area contributed by atoms with E-state index >= 15 is 0 Å². The average Bonchev–Trinajstić information content (AvgIpc) is 1.51. The molecular formula is C70H68N4O12. The Hall–Kier alpha value is -7.88. The number of likely N-dealkylation sites (tertiary alicyclic amines) is 1. The van der Waals surface area contributed by atoms with E-state index in [2.05, 4.69) is 24.3 Å². The van der Waals surface area contributed by atoms with Gasteiger partial charge in [0.1, 0.15) is 23.0 Å². The molecule has 16 aliphatic rings. The van der Waals surface area contributed by atoms with E-state index in [9.17, 15) is 38.4 Å². The van der Waals surface area contributed by atoms with Gasteiger partial charge >= 0.3 is 23.9 Å². The number of nitrogens with zero attached hydrogens (tertiary/aromatic N) is 2. The number of hydrogen-bond donors (Lipinski definition) is 2. The van der Waals surface area contributed by atoms with E-state index in [0.717, 1.165) is 95.4 Å². The molecule has 16 heteroatoms. The number of carbonyl (C=O) groups excluding carboxylic acids is 8. The molecule has 4 aromatic carbocycles. The Labute approximate surface area is 497 Å². The van der Waals surface area contributed by atoms with Gasteiger partial charge in [-0.05, 0) is 237 Å². The van der Waals surface area contributed by atoms with Crippen molar-refractivity contribution in [3.8, 4) is 23.0 Å². The van der Waals surface area contributed by atoms with E-state index in [1.54, 1.807) is 55.6 Å². The van der Waals surface area contributed by atoms with Gasteiger partial charge in [0.25, 0.3) is 0 Å². The second-order valence-corrected chi connectivity index (χ2v) is 28.2. The molecule has 0 radical (unpaired) electrons. The predicted octanol–water partition coefficient (Wildman–Crippen LogP) is 9.08. The molecule has 22 unspecified atom stereocenters. The van der Waals surface area contributed by atoms with Crippen molar-refractivity contribution in [2.24, 2.45) is 154 Å². The third-order valence-corrected chi connectivity index (χ3v) is 25.1. The van der Waals surface area contributed by atoms with Crippen molar-refractivity contribution in [2.75, 3.05) is 23.4 Å². The van der Waals surface area contributed by atoms with Gasteiger partial charge in [-0.1, -0.05) is 42.0 Å². The topological polar surface area (TPSA) is 232 Å².